The van der Waals surface area contributed by atoms with Crippen molar-refractivity contribution in [1.29, 1.82) is 0 Å². The van der Waals surface area contributed by atoms with E-state index in [1.165, 1.54) is 0 Å². The van der Waals surface area contributed by atoms with Gasteiger partial charge in [0, 0.05) is 41.5 Å². The average Bonchev–Trinajstić information content (AvgIpc) is 2.87. The van der Waals surface area contributed by atoms with Crippen LogP contribution < -0.4 is 9.47 Å². The van der Waals surface area contributed by atoms with E-state index in [-0.39, 0.29) is 31.3 Å². The molecule has 2 aliphatic rings. The van der Waals surface area contributed by atoms with Crippen LogP contribution in [0.15, 0.2) is 58.7 Å². The molecule has 1 aliphatic heterocycles. The maximum Gasteiger partial charge on any atom is 0.315 e. The minimum Gasteiger partial charge on any atom is -0.493 e. The Bertz CT molecular complexity index is 1220. The van der Waals surface area contributed by atoms with Crippen molar-refractivity contribution in [2.24, 2.45) is 10.9 Å². The van der Waals surface area contributed by atoms with Gasteiger partial charge in [0.05, 0.1) is 20.8 Å². The van der Waals surface area contributed by atoms with Gasteiger partial charge in [-0.05, 0) is 48.6 Å². The van der Waals surface area contributed by atoms with Crippen molar-refractivity contribution in [2.75, 3.05) is 34.5 Å². The molecule has 8 heteroatoms. The number of carbonyl (C=O) groups is 2. The van der Waals surface area contributed by atoms with Gasteiger partial charge in [-0.2, -0.15) is 0 Å². The van der Waals surface area contributed by atoms with Crippen molar-refractivity contribution < 1.29 is 28.5 Å². The fourth-order valence-electron chi connectivity index (χ4n) is 5.09. The van der Waals surface area contributed by atoms with E-state index in [4.69, 9.17) is 35.5 Å². The molecule has 0 bridgehead atoms. The molecule has 190 valence electrons. The van der Waals surface area contributed by atoms with Crippen LogP contribution >= 0.6 is 11.6 Å². The number of esters is 1. The lowest BCUT2D eigenvalue weighted by molar-refractivity contribution is -0.147. The standard InChI is InChI=1S/C28H30ClNO6/c1-16-25(28(32)36-12-11-33-2)26(19-7-5-6-8-20(19)29)27-21(30-16)13-18(14-22(27)31)17-9-10-23(34-3)24(15-17)35-4/h5-10,15,18,25-26H,11-14H2,1-4H3/t18-,25?,26+/m0/s1. The van der Waals surface area contributed by atoms with Gasteiger partial charge in [0.1, 0.15) is 12.5 Å². The van der Waals surface area contributed by atoms with E-state index in [1.807, 2.05) is 36.4 Å². The number of carbonyl (C=O) groups excluding carboxylic acids is 2. The largest absolute Gasteiger partial charge is 0.493 e. The molecule has 0 saturated carbocycles. The fourth-order valence-corrected chi connectivity index (χ4v) is 5.34. The predicted octanol–water partition coefficient (Wildman–Crippen LogP) is 5.12. The summed E-state index contributed by atoms with van der Waals surface area (Å²) in [6.45, 7) is 2.21. The highest BCUT2D eigenvalue weighted by atomic mass is 35.5. The van der Waals surface area contributed by atoms with Gasteiger partial charge in [0.15, 0.2) is 17.3 Å². The van der Waals surface area contributed by atoms with Crippen LogP contribution in [0.2, 0.25) is 5.02 Å². The first-order valence-corrected chi connectivity index (χ1v) is 12.2. The highest BCUT2D eigenvalue weighted by molar-refractivity contribution is 6.31. The lowest BCUT2D eigenvalue weighted by atomic mass is 9.69. The van der Waals surface area contributed by atoms with Gasteiger partial charge in [-0.15, -0.1) is 0 Å². The summed E-state index contributed by atoms with van der Waals surface area (Å²) in [5.41, 5.74) is 3.51. The predicted molar refractivity (Wildman–Crippen MR) is 137 cm³/mol. The van der Waals surface area contributed by atoms with Crippen LogP contribution in [0, 0.1) is 5.92 Å². The number of aliphatic imine (C=N–C) groups is 1. The smallest absolute Gasteiger partial charge is 0.315 e. The van der Waals surface area contributed by atoms with Gasteiger partial charge in [0.2, 0.25) is 0 Å². The summed E-state index contributed by atoms with van der Waals surface area (Å²) in [5, 5.41) is 0.494. The molecule has 0 fully saturated rings. The molecule has 1 aliphatic carbocycles. The molecule has 0 radical (unpaired) electrons. The van der Waals surface area contributed by atoms with E-state index in [2.05, 4.69) is 0 Å². The van der Waals surface area contributed by atoms with Crippen LogP contribution in [0.25, 0.3) is 0 Å². The monoisotopic (exact) mass is 511 g/mol. The minimum absolute atomic E-state index is 0.0492. The van der Waals surface area contributed by atoms with Crippen molar-refractivity contribution >= 4 is 29.1 Å². The molecule has 0 amide bonds. The van der Waals surface area contributed by atoms with Crippen molar-refractivity contribution in [2.45, 2.75) is 31.6 Å². The van der Waals surface area contributed by atoms with E-state index >= 15 is 0 Å². The molecule has 2 aromatic carbocycles. The number of nitrogens with zero attached hydrogens (tertiary/aromatic N) is 1. The van der Waals surface area contributed by atoms with Crippen LogP contribution in [0.3, 0.4) is 0 Å². The second-order valence-corrected chi connectivity index (χ2v) is 9.30. The Kier molecular flexibility index (Phi) is 8.11. The van der Waals surface area contributed by atoms with Crippen molar-refractivity contribution in [3.8, 4) is 11.5 Å². The Hall–Kier alpha value is -3.16. The zero-order valence-electron chi connectivity index (χ0n) is 20.9. The van der Waals surface area contributed by atoms with Gasteiger partial charge in [-0.25, -0.2) is 0 Å². The number of hydrogen-bond donors (Lipinski definition) is 0. The lowest BCUT2D eigenvalue weighted by Gasteiger charge is -2.36. The van der Waals surface area contributed by atoms with Gasteiger partial charge in [-0.3, -0.25) is 14.6 Å². The fraction of sp³-hybridized carbons (Fsp3) is 0.393. The van der Waals surface area contributed by atoms with E-state index in [1.54, 1.807) is 34.3 Å². The number of rotatable bonds is 8. The number of methoxy groups -OCH3 is 3. The first-order valence-electron chi connectivity index (χ1n) is 11.8. The molecule has 0 N–H and O–H groups in total. The highest BCUT2D eigenvalue weighted by Crippen LogP contribution is 2.48. The summed E-state index contributed by atoms with van der Waals surface area (Å²) < 4.78 is 21.3. The zero-order chi connectivity index (χ0) is 25.8. The summed E-state index contributed by atoms with van der Waals surface area (Å²) >= 11 is 6.60. The zero-order valence-corrected chi connectivity index (χ0v) is 21.6. The highest BCUT2D eigenvalue weighted by Gasteiger charge is 2.45. The molecular weight excluding hydrogens is 482 g/mol. The van der Waals surface area contributed by atoms with Gasteiger partial charge in [0.25, 0.3) is 0 Å². The minimum atomic E-state index is -0.748. The lowest BCUT2D eigenvalue weighted by Crippen LogP contribution is -2.38. The number of Topliss-reactive ketones (excluding diaryl/α,β-unsaturated/α-hetero) is 1. The van der Waals surface area contributed by atoms with Gasteiger partial charge in [-0.1, -0.05) is 35.9 Å². The molecule has 0 aromatic heterocycles. The summed E-state index contributed by atoms with van der Waals surface area (Å²) in [6.07, 6.45) is 0.843. The van der Waals surface area contributed by atoms with Crippen molar-refractivity contribution in [3.63, 3.8) is 0 Å². The molecule has 1 unspecified atom stereocenters. The Balaban J connectivity index is 1.75. The number of ketones is 1. The summed E-state index contributed by atoms with van der Waals surface area (Å²) in [7, 11) is 4.72. The van der Waals surface area contributed by atoms with Crippen LogP contribution in [0.1, 0.15) is 42.7 Å². The quantitative estimate of drug-likeness (QED) is 0.361. The van der Waals surface area contributed by atoms with Crippen LogP contribution in [-0.4, -0.2) is 52.0 Å². The topological polar surface area (TPSA) is 83.4 Å². The summed E-state index contributed by atoms with van der Waals surface area (Å²) in [6, 6.07) is 13.0. The maximum absolute atomic E-state index is 13.7. The molecule has 4 rings (SSSR count). The summed E-state index contributed by atoms with van der Waals surface area (Å²) in [5.74, 6) is -0.653. The van der Waals surface area contributed by atoms with Gasteiger partial charge >= 0.3 is 5.97 Å². The molecule has 7 nitrogen and oxygen atoms in total. The molecule has 2 aromatic rings. The van der Waals surface area contributed by atoms with Crippen LogP contribution in [0.4, 0.5) is 0 Å². The van der Waals surface area contributed by atoms with Gasteiger partial charge < -0.3 is 18.9 Å². The van der Waals surface area contributed by atoms with E-state index in [9.17, 15) is 9.59 Å². The third-order valence-electron chi connectivity index (χ3n) is 6.79. The number of halogens is 1. The van der Waals surface area contributed by atoms with Crippen molar-refractivity contribution in [3.05, 3.63) is 69.9 Å². The third kappa shape index (κ3) is 5.04. The molecule has 1 heterocycles. The number of benzene rings is 2. The van der Waals surface area contributed by atoms with Crippen LogP contribution in [-0.2, 0) is 19.1 Å². The maximum atomic E-state index is 13.7. The summed E-state index contributed by atoms with van der Waals surface area (Å²) in [4.78, 5) is 31.7. The molecular formula is C28H30ClNO6. The second kappa shape index (κ2) is 11.3. The molecule has 0 spiro atoms. The first kappa shape index (κ1) is 25.9. The second-order valence-electron chi connectivity index (χ2n) is 8.89. The Morgan fingerprint density at radius 3 is 2.47 bits per heavy atom. The number of hydrogen-bond acceptors (Lipinski definition) is 7. The van der Waals surface area contributed by atoms with E-state index < -0.39 is 17.8 Å². The third-order valence-corrected chi connectivity index (χ3v) is 7.14. The SMILES string of the molecule is COCCOC(=O)C1C(C)=NC2=C(C(=O)C[C@@H](c3ccc(OC)c(OC)c3)C2)[C@@H]1c1ccccc1Cl. The van der Waals surface area contributed by atoms with E-state index in [0.717, 1.165) is 5.56 Å². The average molecular weight is 512 g/mol. The Morgan fingerprint density at radius 1 is 1.03 bits per heavy atom. The van der Waals surface area contributed by atoms with E-state index in [0.29, 0.717) is 45.5 Å². The normalized spacial score (nSPS) is 21.5. The first-order chi connectivity index (χ1) is 17.4. The number of ether oxygens (including phenoxy) is 4. The molecule has 36 heavy (non-hydrogen) atoms. The molecule has 3 atom stereocenters. The molecule has 0 saturated heterocycles. The van der Waals surface area contributed by atoms with Crippen molar-refractivity contribution in [1.82, 2.24) is 0 Å². The van der Waals surface area contributed by atoms with Crippen LogP contribution in [0.5, 0.6) is 11.5 Å². The Labute approximate surface area is 216 Å². The Morgan fingerprint density at radius 2 is 1.78 bits per heavy atom. The number of allylic oxidation sites excluding steroid dienone is 2.